The molecule has 0 spiro atoms. The summed E-state index contributed by atoms with van der Waals surface area (Å²) in [5.74, 6) is 4.09. The molecule has 0 saturated heterocycles. The fourth-order valence-corrected chi connectivity index (χ4v) is 4.06. The van der Waals surface area contributed by atoms with E-state index in [-0.39, 0.29) is 0 Å². The molecule has 1 aromatic heterocycles. The molecule has 170 valence electrons. The summed E-state index contributed by atoms with van der Waals surface area (Å²) < 4.78 is 16.4. The highest BCUT2D eigenvalue weighted by Gasteiger charge is 2.22. The first-order valence-corrected chi connectivity index (χ1v) is 10.8. The molecule has 0 atom stereocenters. The second kappa shape index (κ2) is 10.5. The number of ether oxygens (including phenoxy) is 3. The number of nitrogens with two attached hydrogens (primary N) is 1. The van der Waals surface area contributed by atoms with Gasteiger partial charge in [0.05, 0.1) is 26.9 Å². The predicted molar refractivity (Wildman–Crippen MR) is 123 cm³/mol. The molecule has 3 rings (SSSR count). The summed E-state index contributed by atoms with van der Waals surface area (Å²) in [5.41, 5.74) is 8.87. The smallest absolute Gasteiger partial charge is 0.225 e. The van der Waals surface area contributed by atoms with Gasteiger partial charge < -0.3 is 30.6 Å². The molecule has 1 aromatic carbocycles. The van der Waals surface area contributed by atoms with E-state index in [1.165, 1.54) is 0 Å². The molecular formula is C23H35N5O3. The minimum atomic E-state index is 0.388. The highest BCUT2D eigenvalue weighted by Crippen LogP contribution is 2.34. The van der Waals surface area contributed by atoms with E-state index in [9.17, 15) is 0 Å². The van der Waals surface area contributed by atoms with Crippen LogP contribution >= 0.6 is 0 Å². The van der Waals surface area contributed by atoms with Crippen molar-refractivity contribution in [3.63, 3.8) is 0 Å². The third kappa shape index (κ3) is 5.70. The zero-order chi connectivity index (χ0) is 22.4. The lowest BCUT2D eigenvalue weighted by Gasteiger charge is -2.29. The van der Waals surface area contributed by atoms with Crippen LogP contribution in [0.25, 0.3) is 0 Å². The number of nitrogens with one attached hydrogen (secondary N) is 2. The van der Waals surface area contributed by atoms with Crippen LogP contribution in [0.15, 0.2) is 12.1 Å². The van der Waals surface area contributed by atoms with Gasteiger partial charge >= 0.3 is 0 Å². The monoisotopic (exact) mass is 429 g/mol. The lowest BCUT2D eigenvalue weighted by Crippen LogP contribution is -2.31. The molecule has 0 aliphatic heterocycles. The van der Waals surface area contributed by atoms with Gasteiger partial charge in [-0.2, -0.15) is 4.98 Å². The van der Waals surface area contributed by atoms with Crippen molar-refractivity contribution in [3.8, 4) is 17.2 Å². The summed E-state index contributed by atoms with van der Waals surface area (Å²) in [4.78, 5) is 8.91. The molecule has 4 N–H and O–H groups in total. The Labute approximate surface area is 184 Å². The van der Waals surface area contributed by atoms with Crippen LogP contribution in [0.2, 0.25) is 0 Å². The van der Waals surface area contributed by atoms with Crippen LogP contribution in [-0.4, -0.2) is 43.9 Å². The fourth-order valence-electron chi connectivity index (χ4n) is 4.06. The number of aryl methyl sites for hydroxylation is 1. The Hall–Kier alpha value is -2.74. The van der Waals surface area contributed by atoms with Crippen molar-refractivity contribution in [2.24, 2.45) is 5.92 Å². The number of hydrogen-bond donors (Lipinski definition) is 3. The Morgan fingerprint density at radius 3 is 2.16 bits per heavy atom. The highest BCUT2D eigenvalue weighted by atomic mass is 16.5. The Bertz CT molecular complexity index is 834. The Kier molecular flexibility index (Phi) is 7.79. The van der Waals surface area contributed by atoms with E-state index in [1.54, 1.807) is 21.3 Å². The van der Waals surface area contributed by atoms with Crippen molar-refractivity contribution in [2.45, 2.75) is 52.1 Å². The largest absolute Gasteiger partial charge is 0.496 e. The van der Waals surface area contributed by atoms with E-state index >= 15 is 0 Å². The summed E-state index contributed by atoms with van der Waals surface area (Å²) in [6.07, 6.45) is 4.50. The van der Waals surface area contributed by atoms with Gasteiger partial charge in [0, 0.05) is 36.0 Å². The first kappa shape index (κ1) is 22.9. The second-order valence-electron chi connectivity index (χ2n) is 8.15. The van der Waals surface area contributed by atoms with Gasteiger partial charge in [-0.1, -0.05) is 0 Å². The van der Waals surface area contributed by atoms with Crippen molar-refractivity contribution in [1.82, 2.24) is 15.3 Å². The van der Waals surface area contributed by atoms with Gasteiger partial charge in [0.1, 0.15) is 23.1 Å². The summed E-state index contributed by atoms with van der Waals surface area (Å²) in [6, 6.07) is 4.16. The molecule has 1 saturated carbocycles. The lowest BCUT2D eigenvalue weighted by atomic mass is 9.86. The lowest BCUT2D eigenvalue weighted by molar-refractivity contribution is 0.320. The number of nitrogen functional groups attached to an aromatic ring is 1. The molecule has 2 aromatic rings. The molecule has 0 radical (unpaired) electrons. The average molecular weight is 430 g/mol. The van der Waals surface area contributed by atoms with Crippen molar-refractivity contribution < 1.29 is 14.2 Å². The molecule has 1 heterocycles. The molecule has 0 bridgehead atoms. The van der Waals surface area contributed by atoms with E-state index in [1.807, 2.05) is 26.0 Å². The SMILES string of the molecule is COc1cc(OC)c(CNCC2CCC(Nc3nc(C)c(C)c(N)n3)CC2)c(OC)c1. The summed E-state index contributed by atoms with van der Waals surface area (Å²) in [7, 11) is 4.97. The summed E-state index contributed by atoms with van der Waals surface area (Å²) in [5, 5.41) is 7.05. The third-order valence-electron chi connectivity index (χ3n) is 6.16. The number of rotatable bonds is 9. The van der Waals surface area contributed by atoms with E-state index in [0.29, 0.717) is 30.3 Å². The Morgan fingerprint density at radius 2 is 1.61 bits per heavy atom. The molecule has 1 aliphatic carbocycles. The van der Waals surface area contributed by atoms with Crippen LogP contribution in [-0.2, 0) is 6.54 Å². The van der Waals surface area contributed by atoms with Crippen LogP contribution < -0.4 is 30.6 Å². The van der Waals surface area contributed by atoms with Gasteiger partial charge in [-0.25, -0.2) is 4.98 Å². The average Bonchev–Trinajstić information content (AvgIpc) is 2.78. The maximum absolute atomic E-state index is 5.98. The maximum Gasteiger partial charge on any atom is 0.225 e. The quantitative estimate of drug-likeness (QED) is 0.557. The van der Waals surface area contributed by atoms with E-state index in [2.05, 4.69) is 20.6 Å². The minimum absolute atomic E-state index is 0.388. The van der Waals surface area contributed by atoms with Crippen molar-refractivity contribution in [3.05, 3.63) is 29.0 Å². The van der Waals surface area contributed by atoms with Gasteiger partial charge in [0.25, 0.3) is 0 Å². The molecule has 8 heteroatoms. The number of benzene rings is 1. The Morgan fingerprint density at radius 1 is 0.968 bits per heavy atom. The predicted octanol–water partition coefficient (Wildman–Crippen LogP) is 3.46. The summed E-state index contributed by atoms with van der Waals surface area (Å²) >= 11 is 0. The molecule has 1 aliphatic rings. The first-order chi connectivity index (χ1) is 14.9. The van der Waals surface area contributed by atoms with Crippen molar-refractivity contribution in [1.29, 1.82) is 0 Å². The van der Waals surface area contributed by atoms with Gasteiger partial charge in [-0.05, 0) is 52.0 Å². The number of aromatic nitrogens is 2. The van der Waals surface area contributed by atoms with Crippen LogP contribution in [0, 0.1) is 19.8 Å². The van der Waals surface area contributed by atoms with E-state index in [0.717, 1.165) is 66.3 Å². The van der Waals surface area contributed by atoms with Crippen LogP contribution in [0.4, 0.5) is 11.8 Å². The van der Waals surface area contributed by atoms with Crippen LogP contribution in [0.5, 0.6) is 17.2 Å². The van der Waals surface area contributed by atoms with Crippen molar-refractivity contribution >= 4 is 11.8 Å². The number of nitrogens with zero attached hydrogens (tertiary/aromatic N) is 2. The maximum atomic E-state index is 5.98. The second-order valence-corrected chi connectivity index (χ2v) is 8.15. The number of methoxy groups -OCH3 is 3. The Balaban J connectivity index is 1.49. The zero-order valence-electron chi connectivity index (χ0n) is 19.2. The standard InChI is InChI=1S/C23H35N5O3/c1-14-15(2)26-23(28-22(14)24)27-17-8-6-16(7-9-17)12-25-13-19-20(30-4)10-18(29-3)11-21(19)31-5/h10-11,16-17,25H,6-9,12-13H2,1-5H3,(H3,24,26,27,28). The van der Waals surface area contributed by atoms with Crippen LogP contribution in [0.3, 0.4) is 0 Å². The number of anilines is 2. The molecule has 31 heavy (non-hydrogen) atoms. The molecule has 0 unspecified atom stereocenters. The first-order valence-electron chi connectivity index (χ1n) is 10.8. The van der Waals surface area contributed by atoms with E-state index in [4.69, 9.17) is 19.9 Å². The zero-order valence-corrected chi connectivity index (χ0v) is 19.2. The third-order valence-corrected chi connectivity index (χ3v) is 6.16. The molecule has 8 nitrogen and oxygen atoms in total. The van der Waals surface area contributed by atoms with E-state index < -0.39 is 0 Å². The summed E-state index contributed by atoms with van der Waals surface area (Å²) in [6.45, 7) is 5.56. The topological polar surface area (TPSA) is 104 Å². The van der Waals surface area contributed by atoms with Gasteiger partial charge in [0.15, 0.2) is 0 Å². The van der Waals surface area contributed by atoms with Gasteiger partial charge in [-0.3, -0.25) is 0 Å². The minimum Gasteiger partial charge on any atom is -0.496 e. The molecular weight excluding hydrogens is 394 g/mol. The normalized spacial score (nSPS) is 18.5. The van der Waals surface area contributed by atoms with Gasteiger partial charge in [-0.15, -0.1) is 0 Å². The highest BCUT2D eigenvalue weighted by molar-refractivity contribution is 5.50. The van der Waals surface area contributed by atoms with Crippen LogP contribution in [0.1, 0.15) is 42.5 Å². The number of hydrogen-bond acceptors (Lipinski definition) is 8. The van der Waals surface area contributed by atoms with Crippen molar-refractivity contribution in [2.75, 3.05) is 38.9 Å². The fraction of sp³-hybridized carbons (Fsp3) is 0.565. The molecule has 1 fully saturated rings. The molecule has 0 amide bonds. The van der Waals surface area contributed by atoms with Gasteiger partial charge in [0.2, 0.25) is 5.95 Å².